The Labute approximate surface area is 154 Å². The highest BCUT2D eigenvalue weighted by molar-refractivity contribution is 8.59. The summed E-state index contributed by atoms with van der Waals surface area (Å²) in [5.41, 5.74) is -2.74. The highest BCUT2D eigenvalue weighted by Crippen LogP contribution is 2.47. The van der Waals surface area contributed by atoms with E-state index in [1.54, 1.807) is 0 Å². The maximum absolute atomic E-state index is 9.20. The van der Waals surface area contributed by atoms with Crippen LogP contribution in [0, 0.1) is 0 Å². The van der Waals surface area contributed by atoms with Gasteiger partial charge in [0.1, 0.15) is 0 Å². The van der Waals surface area contributed by atoms with Crippen LogP contribution in [-0.2, 0) is 16.3 Å². The molecule has 2 nitrogen and oxygen atoms in total. The van der Waals surface area contributed by atoms with Gasteiger partial charge < -0.3 is 9.42 Å². The summed E-state index contributed by atoms with van der Waals surface area (Å²) >= 11 is 8.54. The molecule has 0 saturated carbocycles. The molecule has 0 heterocycles. The van der Waals surface area contributed by atoms with Gasteiger partial charge in [-0.25, -0.2) is 0 Å². The Morgan fingerprint density at radius 3 is 1.74 bits per heavy atom. The van der Waals surface area contributed by atoms with Gasteiger partial charge in [0.25, 0.3) is 0 Å². The Hall–Kier alpha value is 0.660. The van der Waals surface area contributed by atoms with Gasteiger partial charge in [-0.15, -0.1) is 0 Å². The number of thiol groups is 1. The van der Waals surface area contributed by atoms with Gasteiger partial charge in [-0.05, 0) is 43.9 Å². The molecule has 0 aliphatic heterocycles. The third kappa shape index (κ3) is 22.7. The van der Waals surface area contributed by atoms with Crippen LogP contribution in [0.4, 0.5) is 0 Å². The predicted molar refractivity (Wildman–Crippen MR) is 111 cm³/mol. The molecule has 23 heavy (non-hydrogen) atoms. The average Bonchev–Trinajstić information content (AvgIpc) is 2.49. The summed E-state index contributed by atoms with van der Waals surface area (Å²) in [6.07, 6.45) is 22.8. The third-order valence-corrected chi connectivity index (χ3v) is 5.10. The normalized spacial score (nSPS) is 14.4. The fourth-order valence-corrected chi connectivity index (χ4v) is 3.37. The molecule has 0 spiro atoms. The quantitative estimate of drug-likeness (QED) is 0.121. The summed E-state index contributed by atoms with van der Waals surface area (Å²) in [4.78, 5) is 9.20. The Morgan fingerprint density at radius 1 is 0.826 bits per heavy atom. The van der Waals surface area contributed by atoms with Gasteiger partial charge in [-0.2, -0.15) is 0 Å². The molecule has 0 saturated heterocycles. The first kappa shape index (κ1) is 23.7. The van der Waals surface area contributed by atoms with E-state index in [0.717, 1.165) is 12.8 Å². The Morgan fingerprint density at radius 2 is 1.26 bits per heavy atom. The van der Waals surface area contributed by atoms with E-state index in [9.17, 15) is 4.89 Å². The lowest BCUT2D eigenvalue weighted by Gasteiger charge is -2.08. The van der Waals surface area contributed by atoms with Crippen molar-refractivity contribution in [2.45, 2.75) is 96.8 Å². The molecule has 5 heteroatoms. The van der Waals surface area contributed by atoms with Crippen molar-refractivity contribution in [2.24, 2.45) is 0 Å². The van der Waals surface area contributed by atoms with E-state index < -0.39 is 5.69 Å². The van der Waals surface area contributed by atoms with Crippen LogP contribution in [0.25, 0.3) is 0 Å². The largest absolute Gasteiger partial charge is 0.338 e. The van der Waals surface area contributed by atoms with Crippen molar-refractivity contribution in [2.75, 3.05) is 6.61 Å². The maximum Gasteiger partial charge on any atom is 0.241 e. The van der Waals surface area contributed by atoms with E-state index >= 15 is 0 Å². The highest BCUT2D eigenvalue weighted by atomic mass is 32.9. The van der Waals surface area contributed by atoms with E-state index in [1.807, 2.05) is 0 Å². The lowest BCUT2D eigenvalue weighted by atomic mass is 10.1. The molecule has 0 aliphatic carbocycles. The molecule has 138 valence electrons. The molecular formula is C18H37O2PS2. The van der Waals surface area contributed by atoms with Crippen molar-refractivity contribution >= 4 is 29.7 Å². The molecule has 0 rings (SSSR count). The number of rotatable bonds is 17. The molecule has 0 aromatic heterocycles. The minimum atomic E-state index is -2.74. The van der Waals surface area contributed by atoms with Crippen LogP contribution in [-0.4, -0.2) is 11.5 Å². The SMILES string of the molecule is CCCCCCCCC=CCCCCCCCCOP(O)(=S)S. The number of allylic oxidation sites excluding steroid dienone is 2. The molecule has 1 unspecified atom stereocenters. The Bertz CT molecular complexity index is 316. The smallest absolute Gasteiger partial charge is 0.241 e. The zero-order valence-corrected chi connectivity index (χ0v) is 17.5. The predicted octanol–water partition coefficient (Wildman–Crippen LogP) is 7.19. The zero-order valence-electron chi connectivity index (χ0n) is 14.9. The summed E-state index contributed by atoms with van der Waals surface area (Å²) in [6, 6.07) is 0. The third-order valence-electron chi connectivity index (χ3n) is 3.92. The van der Waals surface area contributed by atoms with Crippen molar-refractivity contribution in [3.8, 4) is 0 Å². The fraction of sp³-hybridized carbons (Fsp3) is 0.889. The molecule has 0 bridgehead atoms. The van der Waals surface area contributed by atoms with Gasteiger partial charge in [0.05, 0.1) is 6.61 Å². The minimum absolute atomic E-state index is 0.540. The number of hydrogen-bond donors (Lipinski definition) is 2. The summed E-state index contributed by atoms with van der Waals surface area (Å²) in [5, 5.41) is 0. The van der Waals surface area contributed by atoms with Gasteiger partial charge in [0.15, 0.2) is 0 Å². The lowest BCUT2D eigenvalue weighted by Crippen LogP contribution is -1.89. The van der Waals surface area contributed by atoms with E-state index in [0.29, 0.717) is 6.61 Å². The maximum atomic E-state index is 9.20. The molecule has 1 N–H and O–H groups in total. The molecule has 0 aliphatic rings. The monoisotopic (exact) mass is 380 g/mol. The first-order valence-electron chi connectivity index (χ1n) is 9.41. The first-order chi connectivity index (χ1) is 11.1. The summed E-state index contributed by atoms with van der Waals surface area (Å²) in [6.45, 7) is 2.81. The first-order valence-corrected chi connectivity index (χ1v) is 13.2. The molecular weight excluding hydrogens is 343 g/mol. The summed E-state index contributed by atoms with van der Waals surface area (Å²) < 4.78 is 5.08. The standard InChI is InChI=1S/C18H37O2PS2/c1-2-3-4-5-6-7-8-9-10-11-12-13-14-15-16-17-18-20-21(19,22)23/h9-10H,2-8,11-18H2,1H3,(H2,19,22,23). The van der Waals surface area contributed by atoms with Gasteiger partial charge >= 0.3 is 0 Å². The second kappa shape index (κ2) is 17.5. The van der Waals surface area contributed by atoms with E-state index in [-0.39, 0.29) is 0 Å². The topological polar surface area (TPSA) is 29.5 Å². The van der Waals surface area contributed by atoms with E-state index in [2.05, 4.69) is 31.3 Å². The van der Waals surface area contributed by atoms with Gasteiger partial charge in [0, 0.05) is 0 Å². The van der Waals surface area contributed by atoms with Crippen LogP contribution in [0.2, 0.25) is 0 Å². The number of unbranched alkanes of at least 4 members (excludes halogenated alkanes) is 12. The van der Waals surface area contributed by atoms with Crippen LogP contribution in [0.3, 0.4) is 0 Å². The van der Waals surface area contributed by atoms with Crippen molar-refractivity contribution in [3.63, 3.8) is 0 Å². The zero-order chi connectivity index (χ0) is 17.2. The second-order valence-electron chi connectivity index (χ2n) is 6.26. The Kier molecular flexibility index (Phi) is 18.0. The lowest BCUT2D eigenvalue weighted by molar-refractivity contribution is 0.307. The molecule has 0 radical (unpaired) electrons. The second-order valence-corrected chi connectivity index (χ2v) is 11.4. The molecule has 0 fully saturated rings. The highest BCUT2D eigenvalue weighted by Gasteiger charge is 2.04. The van der Waals surface area contributed by atoms with Crippen molar-refractivity contribution in [1.29, 1.82) is 0 Å². The molecule has 0 aromatic rings. The van der Waals surface area contributed by atoms with Crippen LogP contribution < -0.4 is 0 Å². The molecule has 1 atom stereocenters. The summed E-state index contributed by atoms with van der Waals surface area (Å²) in [5.74, 6) is 0. The Balaban J connectivity index is 3.12. The van der Waals surface area contributed by atoms with E-state index in [4.69, 9.17) is 16.3 Å². The van der Waals surface area contributed by atoms with Crippen LogP contribution in [0.5, 0.6) is 0 Å². The summed E-state index contributed by atoms with van der Waals surface area (Å²) in [7, 11) is 0. The van der Waals surface area contributed by atoms with Crippen LogP contribution in [0.15, 0.2) is 12.2 Å². The van der Waals surface area contributed by atoms with Gasteiger partial charge in [-0.1, -0.05) is 89.1 Å². The molecule has 0 aromatic carbocycles. The van der Waals surface area contributed by atoms with Gasteiger partial charge in [-0.3, -0.25) is 0 Å². The van der Waals surface area contributed by atoms with Crippen molar-refractivity contribution in [1.82, 2.24) is 0 Å². The van der Waals surface area contributed by atoms with Crippen molar-refractivity contribution in [3.05, 3.63) is 12.2 Å². The average molecular weight is 381 g/mol. The fourth-order valence-electron chi connectivity index (χ4n) is 2.53. The minimum Gasteiger partial charge on any atom is -0.338 e. The van der Waals surface area contributed by atoms with Gasteiger partial charge in [0.2, 0.25) is 5.69 Å². The van der Waals surface area contributed by atoms with E-state index in [1.165, 1.54) is 77.0 Å². The van der Waals surface area contributed by atoms with Crippen LogP contribution in [0.1, 0.15) is 96.8 Å². The van der Waals surface area contributed by atoms with Crippen LogP contribution >= 0.6 is 17.9 Å². The number of hydrogen-bond acceptors (Lipinski definition) is 2. The molecule has 0 amide bonds. The van der Waals surface area contributed by atoms with Crippen molar-refractivity contribution < 1.29 is 9.42 Å².